The Hall–Kier alpha value is -0.320. The van der Waals surface area contributed by atoms with Crippen molar-refractivity contribution in [3.63, 3.8) is 0 Å². The molecule has 0 radical (unpaired) electrons. The molecule has 3 heteroatoms. The predicted molar refractivity (Wildman–Crippen MR) is 76.5 cm³/mol. The molecule has 0 spiro atoms. The summed E-state index contributed by atoms with van der Waals surface area (Å²) in [5, 5.41) is 3.02. The molecule has 1 amide bonds. The van der Waals surface area contributed by atoms with E-state index in [4.69, 9.17) is 0 Å². The van der Waals surface area contributed by atoms with E-state index in [-0.39, 0.29) is 14.9 Å². The molecule has 2 nitrogen and oxygen atoms in total. The highest BCUT2D eigenvalue weighted by molar-refractivity contribution is 14.1. The van der Waals surface area contributed by atoms with E-state index in [0.717, 1.165) is 18.4 Å². The van der Waals surface area contributed by atoms with Crippen LogP contribution in [0.25, 0.3) is 0 Å². The van der Waals surface area contributed by atoms with Gasteiger partial charge in [-0.05, 0) is 13.3 Å². The van der Waals surface area contributed by atoms with Gasteiger partial charge in [0.05, 0.1) is 0 Å². The third-order valence-corrected chi connectivity index (χ3v) is 3.17. The molecule has 0 aromatic heterocycles. The Labute approximate surface area is 112 Å². The number of hydrogen-bond acceptors (Lipinski definition) is 1. The third-order valence-electron chi connectivity index (χ3n) is 2.54. The summed E-state index contributed by atoms with van der Waals surface area (Å²) in [5.74, 6) is 0.0659. The maximum atomic E-state index is 12.0. The van der Waals surface area contributed by atoms with Gasteiger partial charge < -0.3 is 5.32 Å². The fraction of sp³-hybridized carbons (Fsp3) is 0.615. The lowest BCUT2D eigenvalue weighted by atomic mass is 9.87. The van der Waals surface area contributed by atoms with Crippen molar-refractivity contribution in [3.8, 4) is 0 Å². The van der Waals surface area contributed by atoms with E-state index in [1.807, 2.05) is 6.92 Å². The molecular formula is C13H20INO. The van der Waals surface area contributed by atoms with Crippen LogP contribution in [0, 0.1) is 5.41 Å². The number of rotatable bonds is 2. The van der Waals surface area contributed by atoms with Crippen LogP contribution in [-0.2, 0) is 4.79 Å². The number of halogens is 1. The predicted octanol–water partition coefficient (Wildman–Crippen LogP) is 3.58. The fourth-order valence-corrected chi connectivity index (χ4v) is 2.16. The zero-order valence-electron chi connectivity index (χ0n) is 10.4. The van der Waals surface area contributed by atoms with Crippen molar-refractivity contribution in [2.45, 2.75) is 44.1 Å². The molecule has 0 fully saturated rings. The first-order valence-corrected chi connectivity index (χ1v) is 6.77. The van der Waals surface area contributed by atoms with Crippen LogP contribution < -0.4 is 5.32 Å². The molecule has 0 saturated carbocycles. The van der Waals surface area contributed by atoms with Crippen LogP contribution in [0.3, 0.4) is 0 Å². The van der Waals surface area contributed by atoms with E-state index in [1.54, 1.807) is 0 Å². The Kier molecular flexibility index (Phi) is 4.21. The van der Waals surface area contributed by atoms with E-state index in [1.165, 1.54) is 0 Å². The lowest BCUT2D eigenvalue weighted by Crippen LogP contribution is -2.41. The number of allylic oxidation sites excluding steroid dienone is 2. The average molecular weight is 333 g/mol. The van der Waals surface area contributed by atoms with Crippen molar-refractivity contribution in [2.24, 2.45) is 5.41 Å². The Morgan fingerprint density at radius 3 is 2.50 bits per heavy atom. The van der Waals surface area contributed by atoms with Crippen molar-refractivity contribution < 1.29 is 4.79 Å². The van der Waals surface area contributed by atoms with Gasteiger partial charge in [0.15, 0.2) is 0 Å². The Morgan fingerprint density at radius 2 is 1.94 bits per heavy atom. The quantitative estimate of drug-likeness (QED) is 0.356. The van der Waals surface area contributed by atoms with E-state index in [2.05, 4.69) is 66.9 Å². The van der Waals surface area contributed by atoms with Crippen molar-refractivity contribution >= 4 is 28.5 Å². The van der Waals surface area contributed by atoms with Crippen LogP contribution in [0.15, 0.2) is 23.8 Å². The molecule has 1 rings (SSSR count). The Balaban J connectivity index is 3.09. The summed E-state index contributed by atoms with van der Waals surface area (Å²) in [6.45, 7) is 8.36. The molecule has 1 unspecified atom stereocenters. The molecule has 1 heterocycles. The summed E-state index contributed by atoms with van der Waals surface area (Å²) in [6.07, 6.45) is 8.14. The highest BCUT2D eigenvalue weighted by Crippen LogP contribution is 2.29. The third kappa shape index (κ3) is 3.92. The average Bonchev–Trinajstić information content (AvgIpc) is 2.13. The maximum absolute atomic E-state index is 12.0. The van der Waals surface area contributed by atoms with Crippen LogP contribution in [0.2, 0.25) is 0 Å². The number of nitrogens with one attached hydrogen (secondary N) is 1. The number of amides is 1. The standard InChI is InChI=1S/C13H20INO/c1-5-6-10-9-12(2,3)7-8-13(4,14)15-11(10)16/h7-9H,5-6H2,1-4H3,(H,15,16)/b8-7-,10-9-. The van der Waals surface area contributed by atoms with E-state index >= 15 is 0 Å². The van der Waals surface area contributed by atoms with Crippen LogP contribution in [0.1, 0.15) is 40.5 Å². The summed E-state index contributed by atoms with van der Waals surface area (Å²) in [6, 6.07) is 0. The topological polar surface area (TPSA) is 29.1 Å². The van der Waals surface area contributed by atoms with Gasteiger partial charge in [0.2, 0.25) is 5.91 Å². The molecule has 16 heavy (non-hydrogen) atoms. The smallest absolute Gasteiger partial charge is 0.248 e. The Bertz CT molecular complexity index is 340. The molecule has 0 aliphatic carbocycles. The minimum Gasteiger partial charge on any atom is -0.335 e. The molecule has 90 valence electrons. The summed E-state index contributed by atoms with van der Waals surface area (Å²) >= 11 is 2.26. The molecule has 0 bridgehead atoms. The number of hydrogen-bond donors (Lipinski definition) is 1. The first-order chi connectivity index (χ1) is 7.26. The van der Waals surface area contributed by atoms with Crippen molar-refractivity contribution in [2.75, 3.05) is 0 Å². The van der Waals surface area contributed by atoms with Crippen molar-refractivity contribution in [3.05, 3.63) is 23.8 Å². The first kappa shape index (κ1) is 13.7. The zero-order chi connectivity index (χ0) is 12.4. The van der Waals surface area contributed by atoms with E-state index < -0.39 is 0 Å². The SMILES string of the molecule is CCC/C1=C/C(C)(C)/C=C\C(C)(I)NC1=O. The maximum Gasteiger partial charge on any atom is 0.248 e. The molecule has 0 aromatic rings. The monoisotopic (exact) mass is 333 g/mol. The molecule has 0 aromatic carbocycles. The molecule has 1 atom stereocenters. The molecular weight excluding hydrogens is 313 g/mol. The highest BCUT2D eigenvalue weighted by atomic mass is 127. The van der Waals surface area contributed by atoms with Crippen LogP contribution in [0.5, 0.6) is 0 Å². The van der Waals surface area contributed by atoms with Crippen LogP contribution >= 0.6 is 22.6 Å². The second-order valence-electron chi connectivity index (χ2n) is 5.10. The fourth-order valence-electron chi connectivity index (χ4n) is 1.73. The van der Waals surface area contributed by atoms with Gasteiger partial charge in [-0.15, -0.1) is 0 Å². The molecule has 1 aliphatic heterocycles. The lowest BCUT2D eigenvalue weighted by Gasteiger charge is -2.28. The summed E-state index contributed by atoms with van der Waals surface area (Å²) in [5.41, 5.74) is 0.856. The van der Waals surface area contributed by atoms with Gasteiger partial charge >= 0.3 is 0 Å². The van der Waals surface area contributed by atoms with Gasteiger partial charge in [0, 0.05) is 11.0 Å². The van der Waals surface area contributed by atoms with Crippen LogP contribution in [-0.4, -0.2) is 9.45 Å². The second-order valence-corrected chi connectivity index (χ2v) is 7.34. The first-order valence-electron chi connectivity index (χ1n) is 5.69. The summed E-state index contributed by atoms with van der Waals surface area (Å²) in [7, 11) is 0. The van der Waals surface area contributed by atoms with Crippen molar-refractivity contribution in [1.82, 2.24) is 5.32 Å². The van der Waals surface area contributed by atoms with E-state index in [0.29, 0.717) is 0 Å². The summed E-state index contributed by atoms with van der Waals surface area (Å²) < 4.78 is -0.292. The minimum absolute atomic E-state index is 0.0469. The highest BCUT2D eigenvalue weighted by Gasteiger charge is 2.26. The summed E-state index contributed by atoms with van der Waals surface area (Å²) in [4.78, 5) is 12.0. The van der Waals surface area contributed by atoms with Crippen LogP contribution in [0.4, 0.5) is 0 Å². The molecule has 0 saturated heterocycles. The number of alkyl halides is 1. The number of carbonyl (C=O) groups is 1. The molecule has 1 N–H and O–H groups in total. The van der Waals surface area contributed by atoms with E-state index in [9.17, 15) is 4.79 Å². The largest absolute Gasteiger partial charge is 0.335 e. The van der Waals surface area contributed by atoms with Gasteiger partial charge in [-0.1, -0.05) is 68.0 Å². The lowest BCUT2D eigenvalue weighted by molar-refractivity contribution is -0.118. The molecule has 1 aliphatic rings. The second kappa shape index (κ2) is 4.90. The zero-order valence-corrected chi connectivity index (χ0v) is 12.6. The number of carbonyl (C=O) groups excluding carboxylic acids is 1. The van der Waals surface area contributed by atoms with Crippen molar-refractivity contribution in [1.29, 1.82) is 0 Å². The van der Waals surface area contributed by atoms with Gasteiger partial charge in [-0.25, -0.2) is 0 Å². The minimum atomic E-state index is -0.292. The van der Waals surface area contributed by atoms with Gasteiger partial charge in [-0.2, -0.15) is 0 Å². The van der Waals surface area contributed by atoms with Gasteiger partial charge in [-0.3, -0.25) is 4.79 Å². The van der Waals surface area contributed by atoms with Gasteiger partial charge in [0.25, 0.3) is 0 Å². The Morgan fingerprint density at radius 1 is 1.31 bits per heavy atom. The van der Waals surface area contributed by atoms with Gasteiger partial charge in [0.1, 0.15) is 3.55 Å². The normalized spacial score (nSPS) is 34.3.